The molecule has 2 fully saturated rings. The van der Waals surface area contributed by atoms with Crippen LogP contribution in [0.4, 0.5) is 0 Å². The zero-order chi connectivity index (χ0) is 16.7. The first-order valence-electron chi connectivity index (χ1n) is 8.96. The van der Waals surface area contributed by atoms with E-state index in [2.05, 4.69) is 18.7 Å². The lowest BCUT2D eigenvalue weighted by Crippen LogP contribution is -2.38. The molecule has 6 heteroatoms. The molecule has 0 N–H and O–H groups in total. The Labute approximate surface area is 144 Å². The van der Waals surface area contributed by atoms with Crippen LogP contribution in [0.15, 0.2) is 0 Å². The molecule has 0 atom stereocenters. The topological polar surface area (TPSA) is 43.9 Å². The first-order chi connectivity index (χ1) is 11.1. The maximum atomic E-state index is 12.4. The number of amides is 2. The minimum Gasteiger partial charge on any atom is -0.342 e. The van der Waals surface area contributed by atoms with Gasteiger partial charge in [-0.05, 0) is 24.6 Å². The van der Waals surface area contributed by atoms with Crippen LogP contribution in [-0.4, -0.2) is 83.3 Å². The van der Waals surface area contributed by atoms with Gasteiger partial charge in [-0.25, -0.2) is 0 Å². The maximum absolute atomic E-state index is 12.4. The van der Waals surface area contributed by atoms with Crippen LogP contribution < -0.4 is 0 Å². The summed E-state index contributed by atoms with van der Waals surface area (Å²) in [5.41, 5.74) is 0. The van der Waals surface area contributed by atoms with Gasteiger partial charge < -0.3 is 14.7 Å². The molecule has 23 heavy (non-hydrogen) atoms. The first kappa shape index (κ1) is 18.6. The van der Waals surface area contributed by atoms with Gasteiger partial charge in [0.2, 0.25) is 11.8 Å². The Balaban J connectivity index is 1.67. The summed E-state index contributed by atoms with van der Waals surface area (Å²) in [5, 5.41) is 0.688. The van der Waals surface area contributed by atoms with Gasteiger partial charge in [-0.15, -0.1) is 0 Å². The summed E-state index contributed by atoms with van der Waals surface area (Å²) in [6, 6.07) is 0. The van der Waals surface area contributed by atoms with E-state index in [1.165, 1.54) is 5.75 Å². The summed E-state index contributed by atoms with van der Waals surface area (Å²) in [4.78, 5) is 30.3. The number of likely N-dealkylation sites (tertiary alicyclic amines) is 1. The van der Waals surface area contributed by atoms with E-state index in [9.17, 15) is 9.59 Å². The van der Waals surface area contributed by atoms with Crippen LogP contribution in [0.5, 0.6) is 0 Å². The second-order valence-corrected chi connectivity index (χ2v) is 8.41. The first-order valence-corrected chi connectivity index (χ1v) is 10.0. The maximum Gasteiger partial charge on any atom is 0.224 e. The summed E-state index contributed by atoms with van der Waals surface area (Å²) < 4.78 is 0. The molecule has 0 aromatic carbocycles. The highest BCUT2D eigenvalue weighted by Crippen LogP contribution is 2.13. The van der Waals surface area contributed by atoms with Gasteiger partial charge in [-0.1, -0.05) is 13.8 Å². The number of hydrogen-bond donors (Lipinski definition) is 0. The highest BCUT2D eigenvalue weighted by Gasteiger charge is 2.23. The molecule has 2 aliphatic rings. The molecular weight excluding hydrogens is 310 g/mol. The Morgan fingerprint density at radius 2 is 1.91 bits per heavy atom. The number of carbonyl (C=O) groups is 2. The number of thioether (sulfide) groups is 1. The van der Waals surface area contributed by atoms with Gasteiger partial charge >= 0.3 is 0 Å². The molecule has 132 valence electrons. The zero-order valence-electron chi connectivity index (χ0n) is 14.6. The number of rotatable bonds is 7. The van der Waals surface area contributed by atoms with Crippen molar-refractivity contribution >= 4 is 23.6 Å². The van der Waals surface area contributed by atoms with Gasteiger partial charge in [0.05, 0.1) is 0 Å². The van der Waals surface area contributed by atoms with Crippen LogP contribution in [0.1, 0.15) is 39.5 Å². The highest BCUT2D eigenvalue weighted by molar-refractivity contribution is 7.99. The van der Waals surface area contributed by atoms with Crippen molar-refractivity contribution in [2.75, 3.05) is 51.6 Å². The fourth-order valence-electron chi connectivity index (χ4n) is 3.19. The molecule has 0 unspecified atom stereocenters. The van der Waals surface area contributed by atoms with Crippen molar-refractivity contribution < 1.29 is 9.59 Å². The van der Waals surface area contributed by atoms with Gasteiger partial charge in [0.25, 0.3) is 0 Å². The molecule has 0 bridgehead atoms. The van der Waals surface area contributed by atoms with Crippen molar-refractivity contribution in [3.05, 3.63) is 0 Å². The summed E-state index contributed by atoms with van der Waals surface area (Å²) in [5.74, 6) is 1.59. The van der Waals surface area contributed by atoms with Crippen LogP contribution >= 0.6 is 11.8 Å². The molecule has 2 amide bonds. The van der Waals surface area contributed by atoms with Crippen LogP contribution in [0.2, 0.25) is 0 Å². The highest BCUT2D eigenvalue weighted by atomic mass is 32.2. The summed E-state index contributed by atoms with van der Waals surface area (Å²) in [6.07, 6.45) is 3.14. The van der Waals surface area contributed by atoms with Gasteiger partial charge in [-0.2, -0.15) is 11.8 Å². The Morgan fingerprint density at radius 1 is 1.09 bits per heavy atom. The fourth-order valence-corrected chi connectivity index (χ4v) is 4.03. The van der Waals surface area contributed by atoms with Crippen molar-refractivity contribution in [1.82, 2.24) is 14.7 Å². The SMILES string of the molecule is CC(C)SCCN1CCCN(C(=O)CCN2CCCC2=O)CC1. The smallest absolute Gasteiger partial charge is 0.224 e. The average Bonchev–Trinajstić information content (AvgIpc) is 2.78. The lowest BCUT2D eigenvalue weighted by atomic mass is 10.3. The molecule has 0 spiro atoms. The molecule has 0 aromatic rings. The minimum absolute atomic E-state index is 0.211. The Bertz CT molecular complexity index is 403. The third-order valence-electron chi connectivity index (χ3n) is 4.57. The molecule has 2 saturated heterocycles. The molecule has 2 heterocycles. The predicted molar refractivity (Wildman–Crippen MR) is 95.7 cm³/mol. The molecule has 2 aliphatic heterocycles. The van der Waals surface area contributed by atoms with E-state index in [0.717, 1.165) is 52.1 Å². The van der Waals surface area contributed by atoms with Crippen LogP contribution in [0, 0.1) is 0 Å². The number of hydrogen-bond acceptors (Lipinski definition) is 4. The lowest BCUT2D eigenvalue weighted by Gasteiger charge is -2.23. The van der Waals surface area contributed by atoms with Gasteiger partial charge in [0, 0.05) is 57.9 Å². The van der Waals surface area contributed by atoms with E-state index in [0.29, 0.717) is 24.6 Å². The quantitative estimate of drug-likeness (QED) is 0.707. The molecular formula is C17H31N3O2S. The summed E-state index contributed by atoms with van der Waals surface area (Å²) >= 11 is 2.00. The van der Waals surface area contributed by atoms with Crippen molar-refractivity contribution in [2.24, 2.45) is 0 Å². The average molecular weight is 342 g/mol. The third kappa shape index (κ3) is 6.34. The Kier molecular flexibility index (Phi) is 7.70. The Morgan fingerprint density at radius 3 is 2.61 bits per heavy atom. The normalized spacial score (nSPS) is 20.4. The number of nitrogens with zero attached hydrogens (tertiary/aromatic N) is 3. The number of carbonyl (C=O) groups excluding carboxylic acids is 2. The van der Waals surface area contributed by atoms with Crippen molar-refractivity contribution in [3.63, 3.8) is 0 Å². The monoisotopic (exact) mass is 341 g/mol. The largest absolute Gasteiger partial charge is 0.342 e. The van der Waals surface area contributed by atoms with E-state index in [1.807, 2.05) is 21.6 Å². The van der Waals surface area contributed by atoms with Gasteiger partial charge in [0.1, 0.15) is 0 Å². The summed E-state index contributed by atoms with van der Waals surface area (Å²) in [6.45, 7) is 10.8. The standard InChI is InChI=1S/C17H31N3O2S/c1-15(2)23-14-13-18-7-4-9-20(12-11-18)17(22)6-10-19-8-3-5-16(19)21/h15H,3-14H2,1-2H3. The predicted octanol–water partition coefficient (Wildman–Crippen LogP) is 1.67. The van der Waals surface area contributed by atoms with E-state index in [1.54, 1.807) is 0 Å². The van der Waals surface area contributed by atoms with E-state index >= 15 is 0 Å². The van der Waals surface area contributed by atoms with E-state index < -0.39 is 0 Å². The molecule has 5 nitrogen and oxygen atoms in total. The third-order valence-corrected chi connectivity index (χ3v) is 5.65. The lowest BCUT2D eigenvalue weighted by molar-refractivity contribution is -0.132. The fraction of sp³-hybridized carbons (Fsp3) is 0.882. The van der Waals surface area contributed by atoms with E-state index in [-0.39, 0.29) is 11.8 Å². The van der Waals surface area contributed by atoms with E-state index in [4.69, 9.17) is 0 Å². The van der Waals surface area contributed by atoms with Crippen LogP contribution in [0.3, 0.4) is 0 Å². The minimum atomic E-state index is 0.211. The second-order valence-electron chi connectivity index (χ2n) is 6.73. The molecule has 0 saturated carbocycles. The molecule has 2 rings (SSSR count). The van der Waals surface area contributed by atoms with Crippen LogP contribution in [-0.2, 0) is 9.59 Å². The van der Waals surface area contributed by atoms with Gasteiger partial charge in [0.15, 0.2) is 0 Å². The second kappa shape index (κ2) is 9.52. The zero-order valence-corrected chi connectivity index (χ0v) is 15.4. The molecule has 0 radical (unpaired) electrons. The van der Waals surface area contributed by atoms with Gasteiger partial charge in [-0.3, -0.25) is 9.59 Å². The van der Waals surface area contributed by atoms with Crippen molar-refractivity contribution in [2.45, 2.75) is 44.8 Å². The molecule has 0 aliphatic carbocycles. The molecule has 0 aromatic heterocycles. The van der Waals surface area contributed by atoms with Crippen LogP contribution in [0.25, 0.3) is 0 Å². The van der Waals surface area contributed by atoms with Crippen molar-refractivity contribution in [3.8, 4) is 0 Å². The summed E-state index contributed by atoms with van der Waals surface area (Å²) in [7, 11) is 0. The van der Waals surface area contributed by atoms with Crippen molar-refractivity contribution in [1.29, 1.82) is 0 Å². The Hall–Kier alpha value is -0.750.